The molecule has 1 aromatic rings. The van der Waals surface area contributed by atoms with Gasteiger partial charge >= 0.3 is 0 Å². The molecule has 0 spiro atoms. The third kappa shape index (κ3) is 6.68. The SMILES string of the molecule is CCC1CCCCN1CCCNC(=O)CCc1cc(S(=O)(=O)N(C)C)ccc1OC. The number of carbonyl (C=O) groups excluding carboxylic acids is 1. The Balaban J connectivity index is 1.83. The Morgan fingerprint density at radius 1 is 1.30 bits per heavy atom. The van der Waals surface area contributed by atoms with E-state index in [4.69, 9.17) is 4.74 Å². The van der Waals surface area contributed by atoms with Crippen LogP contribution in [-0.2, 0) is 21.2 Å². The summed E-state index contributed by atoms with van der Waals surface area (Å²) >= 11 is 0. The summed E-state index contributed by atoms with van der Waals surface area (Å²) in [5.74, 6) is 0.569. The zero-order valence-electron chi connectivity index (χ0n) is 18.8. The highest BCUT2D eigenvalue weighted by Crippen LogP contribution is 2.25. The molecule has 1 aromatic carbocycles. The monoisotopic (exact) mass is 439 g/mol. The van der Waals surface area contributed by atoms with Crippen molar-refractivity contribution in [2.24, 2.45) is 0 Å². The number of amides is 1. The Morgan fingerprint density at radius 3 is 2.73 bits per heavy atom. The number of ether oxygens (including phenoxy) is 1. The molecule has 0 aromatic heterocycles. The van der Waals surface area contributed by atoms with E-state index in [2.05, 4.69) is 17.1 Å². The topological polar surface area (TPSA) is 79.0 Å². The van der Waals surface area contributed by atoms with Crippen LogP contribution in [0, 0.1) is 0 Å². The molecule has 1 aliphatic rings. The molecule has 1 saturated heterocycles. The van der Waals surface area contributed by atoms with Gasteiger partial charge in [0.1, 0.15) is 5.75 Å². The number of rotatable bonds is 11. The molecule has 1 aliphatic heterocycles. The largest absolute Gasteiger partial charge is 0.496 e. The average molecular weight is 440 g/mol. The molecule has 0 saturated carbocycles. The molecule has 0 bridgehead atoms. The van der Waals surface area contributed by atoms with Gasteiger partial charge in [-0.25, -0.2) is 12.7 Å². The first-order valence-corrected chi connectivity index (χ1v) is 12.3. The molecule has 8 heteroatoms. The zero-order chi connectivity index (χ0) is 22.1. The fourth-order valence-electron chi connectivity index (χ4n) is 3.98. The Kier molecular flexibility index (Phi) is 9.58. The minimum Gasteiger partial charge on any atom is -0.496 e. The molecule has 7 nitrogen and oxygen atoms in total. The highest BCUT2D eigenvalue weighted by molar-refractivity contribution is 7.89. The Labute approximate surface area is 181 Å². The smallest absolute Gasteiger partial charge is 0.242 e. The van der Waals surface area contributed by atoms with Crippen LogP contribution in [0.2, 0.25) is 0 Å². The van der Waals surface area contributed by atoms with Gasteiger partial charge in [0.2, 0.25) is 15.9 Å². The van der Waals surface area contributed by atoms with E-state index < -0.39 is 10.0 Å². The second-order valence-corrected chi connectivity index (χ2v) is 10.2. The highest BCUT2D eigenvalue weighted by Gasteiger charge is 2.21. The lowest BCUT2D eigenvalue weighted by molar-refractivity contribution is -0.121. The molecule has 0 radical (unpaired) electrons. The quantitative estimate of drug-likeness (QED) is 0.536. The number of nitrogens with one attached hydrogen (secondary N) is 1. The second-order valence-electron chi connectivity index (χ2n) is 8.06. The number of benzene rings is 1. The van der Waals surface area contributed by atoms with Crippen molar-refractivity contribution in [3.8, 4) is 5.75 Å². The molecule has 2 rings (SSSR count). The van der Waals surface area contributed by atoms with Gasteiger partial charge in [0.25, 0.3) is 0 Å². The van der Waals surface area contributed by atoms with Gasteiger partial charge in [-0.1, -0.05) is 13.3 Å². The molecule has 170 valence electrons. The summed E-state index contributed by atoms with van der Waals surface area (Å²) in [4.78, 5) is 15.0. The lowest BCUT2D eigenvalue weighted by Crippen LogP contribution is -2.40. The predicted molar refractivity (Wildman–Crippen MR) is 119 cm³/mol. The maximum absolute atomic E-state index is 12.4. The van der Waals surface area contributed by atoms with Crippen LogP contribution in [0.1, 0.15) is 51.0 Å². The van der Waals surface area contributed by atoms with Gasteiger partial charge in [-0.2, -0.15) is 0 Å². The van der Waals surface area contributed by atoms with Gasteiger partial charge in [-0.05, 0) is 62.4 Å². The van der Waals surface area contributed by atoms with Crippen molar-refractivity contribution in [3.63, 3.8) is 0 Å². The number of methoxy groups -OCH3 is 1. The first kappa shape index (κ1) is 24.6. The summed E-state index contributed by atoms with van der Waals surface area (Å²) in [6, 6.07) is 5.46. The van der Waals surface area contributed by atoms with Crippen LogP contribution in [-0.4, -0.2) is 70.4 Å². The lowest BCUT2D eigenvalue weighted by Gasteiger charge is -2.35. The van der Waals surface area contributed by atoms with E-state index >= 15 is 0 Å². The standard InChI is InChI=1S/C22H37N3O4S/c1-5-19-9-6-7-15-25(19)16-8-14-23-22(26)13-10-18-17-20(11-12-21(18)29-4)30(27,28)24(2)3/h11-12,17,19H,5-10,13-16H2,1-4H3,(H,23,26). The molecular formula is C22H37N3O4S. The van der Waals surface area contributed by atoms with E-state index in [0.717, 1.165) is 18.5 Å². The predicted octanol–water partition coefficient (Wildman–Crippen LogP) is 2.65. The third-order valence-corrected chi connectivity index (χ3v) is 7.63. The summed E-state index contributed by atoms with van der Waals surface area (Å²) in [5, 5.41) is 2.99. The number of piperidine rings is 1. The van der Waals surface area contributed by atoms with Crippen LogP contribution >= 0.6 is 0 Å². The van der Waals surface area contributed by atoms with Gasteiger partial charge in [0, 0.05) is 39.6 Å². The van der Waals surface area contributed by atoms with E-state index in [9.17, 15) is 13.2 Å². The molecule has 1 amide bonds. The molecule has 30 heavy (non-hydrogen) atoms. The first-order valence-electron chi connectivity index (χ1n) is 10.9. The number of sulfonamides is 1. The van der Waals surface area contributed by atoms with Crippen molar-refractivity contribution in [2.45, 2.75) is 62.8 Å². The highest BCUT2D eigenvalue weighted by atomic mass is 32.2. The van der Waals surface area contributed by atoms with E-state index in [0.29, 0.717) is 31.2 Å². The van der Waals surface area contributed by atoms with E-state index in [1.807, 2.05) is 0 Å². The summed E-state index contributed by atoms with van der Waals surface area (Å²) < 4.78 is 31.3. The lowest BCUT2D eigenvalue weighted by atomic mass is 10.00. The van der Waals surface area contributed by atoms with E-state index in [-0.39, 0.29) is 10.8 Å². The van der Waals surface area contributed by atoms with Crippen LogP contribution in [0.25, 0.3) is 0 Å². The number of nitrogens with zero attached hydrogens (tertiary/aromatic N) is 2. The van der Waals surface area contributed by atoms with Crippen LogP contribution in [0.15, 0.2) is 23.1 Å². The summed E-state index contributed by atoms with van der Waals surface area (Å²) in [5.41, 5.74) is 0.717. The minimum absolute atomic E-state index is 0.0244. The molecule has 1 fully saturated rings. The zero-order valence-corrected chi connectivity index (χ0v) is 19.6. The average Bonchev–Trinajstić information content (AvgIpc) is 2.75. The Morgan fingerprint density at radius 2 is 2.07 bits per heavy atom. The molecule has 1 N–H and O–H groups in total. The van der Waals surface area contributed by atoms with Crippen LogP contribution in [0.3, 0.4) is 0 Å². The number of hydrogen-bond acceptors (Lipinski definition) is 5. The summed E-state index contributed by atoms with van der Waals surface area (Å²) in [6.45, 7) is 5.10. The van der Waals surface area contributed by atoms with Crippen LogP contribution in [0.5, 0.6) is 5.75 Å². The number of carbonyl (C=O) groups is 1. The molecular weight excluding hydrogens is 402 g/mol. The van der Waals surface area contributed by atoms with Crippen molar-refractivity contribution in [3.05, 3.63) is 23.8 Å². The summed E-state index contributed by atoms with van der Waals surface area (Å²) in [7, 11) is 1.02. The summed E-state index contributed by atoms with van der Waals surface area (Å²) in [6.07, 6.45) is 6.74. The molecule has 1 heterocycles. The minimum atomic E-state index is -3.53. The van der Waals surface area contributed by atoms with Gasteiger partial charge in [-0.15, -0.1) is 0 Å². The molecule has 0 aliphatic carbocycles. The van der Waals surface area contributed by atoms with Crippen LogP contribution in [0.4, 0.5) is 0 Å². The van der Waals surface area contributed by atoms with Gasteiger partial charge < -0.3 is 15.0 Å². The van der Waals surface area contributed by atoms with E-state index in [1.54, 1.807) is 19.2 Å². The van der Waals surface area contributed by atoms with Crippen LogP contribution < -0.4 is 10.1 Å². The number of aryl methyl sites for hydroxylation is 1. The van der Waals surface area contributed by atoms with Crippen molar-refractivity contribution >= 4 is 15.9 Å². The normalized spacial score (nSPS) is 17.8. The Hall–Kier alpha value is -1.64. The maximum Gasteiger partial charge on any atom is 0.242 e. The Bertz CT molecular complexity index is 796. The van der Waals surface area contributed by atoms with Crippen molar-refractivity contribution in [1.29, 1.82) is 0 Å². The second kappa shape index (κ2) is 11.7. The van der Waals surface area contributed by atoms with Gasteiger partial charge in [0.05, 0.1) is 12.0 Å². The third-order valence-electron chi connectivity index (χ3n) is 5.82. The van der Waals surface area contributed by atoms with Gasteiger partial charge in [-0.3, -0.25) is 4.79 Å². The number of likely N-dealkylation sites (tertiary alicyclic amines) is 1. The van der Waals surface area contributed by atoms with E-state index in [1.165, 1.54) is 56.7 Å². The van der Waals surface area contributed by atoms with Gasteiger partial charge in [0.15, 0.2) is 0 Å². The fourth-order valence-corrected chi connectivity index (χ4v) is 4.94. The van der Waals surface area contributed by atoms with Crippen molar-refractivity contribution in [1.82, 2.24) is 14.5 Å². The maximum atomic E-state index is 12.4. The molecule has 1 atom stereocenters. The number of hydrogen-bond donors (Lipinski definition) is 1. The fraction of sp³-hybridized carbons (Fsp3) is 0.682. The van der Waals surface area contributed by atoms with Crippen molar-refractivity contribution < 1.29 is 17.9 Å². The first-order chi connectivity index (χ1) is 14.3. The van der Waals surface area contributed by atoms with Crippen molar-refractivity contribution in [2.75, 3.05) is 40.8 Å². The molecule has 1 unspecified atom stereocenters.